The molecule has 0 aromatic heterocycles. The number of hydrogen-bond acceptors (Lipinski definition) is 2. The Bertz CT molecular complexity index is 492. The first kappa shape index (κ1) is 16.4. The third-order valence-electron chi connectivity index (χ3n) is 4.44. The molecule has 2 nitrogen and oxygen atoms in total. The van der Waals surface area contributed by atoms with E-state index in [1.165, 1.54) is 16.7 Å². The number of thioether (sulfide) groups is 1. The molecular formula is C18H27NOS. The lowest BCUT2D eigenvalue weighted by Gasteiger charge is -2.32. The summed E-state index contributed by atoms with van der Waals surface area (Å²) in [4.78, 5) is 14.5. The van der Waals surface area contributed by atoms with E-state index < -0.39 is 0 Å². The van der Waals surface area contributed by atoms with E-state index in [9.17, 15) is 4.79 Å². The molecule has 3 heteroatoms. The number of benzene rings is 1. The predicted molar refractivity (Wildman–Crippen MR) is 91.7 cm³/mol. The van der Waals surface area contributed by atoms with Gasteiger partial charge in [0.1, 0.15) is 0 Å². The van der Waals surface area contributed by atoms with Crippen molar-refractivity contribution in [3.8, 4) is 0 Å². The summed E-state index contributed by atoms with van der Waals surface area (Å²) in [5.41, 5.74) is 3.96. The van der Waals surface area contributed by atoms with Crippen molar-refractivity contribution in [1.82, 2.24) is 4.90 Å². The number of rotatable bonds is 4. The van der Waals surface area contributed by atoms with Crippen molar-refractivity contribution in [3.63, 3.8) is 0 Å². The zero-order valence-corrected chi connectivity index (χ0v) is 14.5. The summed E-state index contributed by atoms with van der Waals surface area (Å²) >= 11 is 1.76. The lowest BCUT2D eigenvalue weighted by Crippen LogP contribution is -2.41. The van der Waals surface area contributed by atoms with E-state index in [1.54, 1.807) is 11.8 Å². The first-order chi connectivity index (χ1) is 9.97. The van der Waals surface area contributed by atoms with Crippen LogP contribution in [-0.4, -0.2) is 29.1 Å². The van der Waals surface area contributed by atoms with Crippen LogP contribution in [0.2, 0.25) is 0 Å². The Morgan fingerprint density at radius 3 is 2.67 bits per heavy atom. The van der Waals surface area contributed by atoms with Crippen LogP contribution < -0.4 is 0 Å². The minimum Gasteiger partial charge on any atom is -0.342 e. The topological polar surface area (TPSA) is 20.3 Å². The highest BCUT2D eigenvalue weighted by Crippen LogP contribution is 2.24. The van der Waals surface area contributed by atoms with Gasteiger partial charge in [0.2, 0.25) is 5.91 Å². The Hall–Kier alpha value is -0.960. The maximum atomic E-state index is 12.5. The molecule has 1 atom stereocenters. The van der Waals surface area contributed by atoms with Gasteiger partial charge in [0.05, 0.1) is 5.25 Å². The smallest absolute Gasteiger partial charge is 0.235 e. The van der Waals surface area contributed by atoms with Gasteiger partial charge in [-0.25, -0.2) is 0 Å². The Kier molecular flexibility index (Phi) is 5.74. The van der Waals surface area contributed by atoms with Gasteiger partial charge >= 0.3 is 0 Å². The maximum absolute atomic E-state index is 12.5. The highest BCUT2D eigenvalue weighted by atomic mass is 32.2. The van der Waals surface area contributed by atoms with Gasteiger partial charge in [0.25, 0.3) is 0 Å². The maximum Gasteiger partial charge on any atom is 0.235 e. The van der Waals surface area contributed by atoms with Crippen molar-refractivity contribution < 1.29 is 4.79 Å². The molecule has 21 heavy (non-hydrogen) atoms. The highest BCUT2D eigenvalue weighted by molar-refractivity contribution is 7.99. The third-order valence-corrected chi connectivity index (χ3v) is 5.62. The van der Waals surface area contributed by atoms with E-state index in [4.69, 9.17) is 0 Å². The number of aryl methyl sites for hydroxylation is 2. The molecule has 1 saturated heterocycles. The van der Waals surface area contributed by atoms with Crippen molar-refractivity contribution >= 4 is 17.7 Å². The molecule has 1 aliphatic rings. The van der Waals surface area contributed by atoms with Crippen LogP contribution in [0.1, 0.15) is 43.4 Å². The number of amides is 1. The van der Waals surface area contributed by atoms with Crippen molar-refractivity contribution in [2.24, 2.45) is 5.92 Å². The lowest BCUT2D eigenvalue weighted by atomic mass is 9.99. The number of carbonyl (C=O) groups is 1. The molecule has 1 heterocycles. The zero-order valence-electron chi connectivity index (χ0n) is 13.7. The largest absolute Gasteiger partial charge is 0.342 e. The van der Waals surface area contributed by atoms with E-state index >= 15 is 0 Å². The summed E-state index contributed by atoms with van der Waals surface area (Å²) < 4.78 is 0. The number of piperidine rings is 1. The molecule has 2 rings (SSSR count). The summed E-state index contributed by atoms with van der Waals surface area (Å²) in [6, 6.07) is 6.55. The second kappa shape index (κ2) is 7.35. The van der Waals surface area contributed by atoms with Crippen LogP contribution in [-0.2, 0) is 10.5 Å². The van der Waals surface area contributed by atoms with Crippen LogP contribution in [0.3, 0.4) is 0 Å². The van der Waals surface area contributed by atoms with E-state index in [2.05, 4.69) is 50.8 Å². The van der Waals surface area contributed by atoms with E-state index in [0.717, 1.165) is 37.6 Å². The van der Waals surface area contributed by atoms with Crippen LogP contribution in [0, 0.1) is 19.8 Å². The van der Waals surface area contributed by atoms with Crippen LogP contribution in [0.4, 0.5) is 0 Å². The van der Waals surface area contributed by atoms with Gasteiger partial charge in [-0.1, -0.05) is 30.7 Å². The molecule has 1 aromatic carbocycles. The number of nitrogens with zero attached hydrogens (tertiary/aromatic N) is 1. The van der Waals surface area contributed by atoms with Gasteiger partial charge in [0, 0.05) is 18.8 Å². The Morgan fingerprint density at radius 1 is 1.33 bits per heavy atom. The molecule has 0 saturated carbocycles. The fraction of sp³-hybridized carbons (Fsp3) is 0.611. The van der Waals surface area contributed by atoms with Gasteiger partial charge in [-0.3, -0.25) is 4.79 Å². The van der Waals surface area contributed by atoms with Gasteiger partial charge in [-0.15, -0.1) is 11.8 Å². The summed E-state index contributed by atoms with van der Waals surface area (Å²) in [6.07, 6.45) is 2.31. The molecule has 0 bridgehead atoms. The molecule has 1 aliphatic heterocycles. The summed E-state index contributed by atoms with van der Waals surface area (Å²) in [7, 11) is 0. The van der Waals surface area contributed by atoms with Gasteiger partial charge in [-0.2, -0.15) is 0 Å². The van der Waals surface area contributed by atoms with E-state index in [1.807, 2.05) is 0 Å². The van der Waals surface area contributed by atoms with Gasteiger partial charge in [0.15, 0.2) is 0 Å². The molecule has 116 valence electrons. The molecule has 1 unspecified atom stereocenters. The normalized spacial score (nSPS) is 17.8. The minimum atomic E-state index is 0.0540. The highest BCUT2D eigenvalue weighted by Gasteiger charge is 2.24. The van der Waals surface area contributed by atoms with Crippen molar-refractivity contribution in [3.05, 3.63) is 34.9 Å². The molecular weight excluding hydrogens is 278 g/mol. The Morgan fingerprint density at radius 2 is 2.00 bits per heavy atom. The fourth-order valence-corrected chi connectivity index (χ4v) is 3.76. The van der Waals surface area contributed by atoms with Crippen LogP contribution in [0.5, 0.6) is 0 Å². The molecule has 0 radical (unpaired) electrons. The minimum absolute atomic E-state index is 0.0540. The van der Waals surface area contributed by atoms with Gasteiger partial charge in [-0.05, 0) is 50.7 Å². The molecule has 0 N–H and O–H groups in total. The molecule has 0 spiro atoms. The fourth-order valence-electron chi connectivity index (χ4n) is 2.73. The first-order valence-electron chi connectivity index (χ1n) is 7.94. The van der Waals surface area contributed by atoms with E-state index in [0.29, 0.717) is 5.91 Å². The Balaban J connectivity index is 1.87. The zero-order chi connectivity index (χ0) is 15.4. The van der Waals surface area contributed by atoms with Gasteiger partial charge < -0.3 is 4.90 Å². The lowest BCUT2D eigenvalue weighted by molar-refractivity contribution is -0.131. The molecule has 1 fully saturated rings. The molecule has 1 aromatic rings. The number of carbonyl (C=O) groups excluding carboxylic acids is 1. The summed E-state index contributed by atoms with van der Waals surface area (Å²) in [5.74, 6) is 2.01. The Labute approximate surface area is 133 Å². The third kappa shape index (κ3) is 4.50. The quantitative estimate of drug-likeness (QED) is 0.831. The van der Waals surface area contributed by atoms with Crippen LogP contribution >= 0.6 is 11.8 Å². The number of hydrogen-bond donors (Lipinski definition) is 0. The number of likely N-dealkylation sites (tertiary alicyclic amines) is 1. The molecule has 1 amide bonds. The SMILES string of the molecule is Cc1ccc(C)c(CSC(C)C(=O)N2CCC(C)CC2)c1. The summed E-state index contributed by atoms with van der Waals surface area (Å²) in [5, 5.41) is 0.0540. The monoisotopic (exact) mass is 305 g/mol. The van der Waals surface area contributed by atoms with E-state index in [-0.39, 0.29) is 5.25 Å². The molecule has 0 aliphatic carbocycles. The average Bonchev–Trinajstić information content (AvgIpc) is 2.48. The van der Waals surface area contributed by atoms with Crippen molar-refractivity contribution in [1.29, 1.82) is 0 Å². The standard InChI is InChI=1S/C18H27NOS/c1-13-7-9-19(10-8-13)18(20)16(4)21-12-17-11-14(2)5-6-15(17)3/h5-6,11,13,16H,7-10,12H2,1-4H3. The average molecular weight is 305 g/mol. The first-order valence-corrected chi connectivity index (χ1v) is 8.98. The van der Waals surface area contributed by atoms with Crippen LogP contribution in [0.15, 0.2) is 18.2 Å². The van der Waals surface area contributed by atoms with Crippen molar-refractivity contribution in [2.75, 3.05) is 13.1 Å². The second-order valence-corrected chi connectivity index (χ2v) is 7.72. The van der Waals surface area contributed by atoms with Crippen LogP contribution in [0.25, 0.3) is 0 Å². The summed E-state index contributed by atoms with van der Waals surface area (Å²) in [6.45, 7) is 10.5. The van der Waals surface area contributed by atoms with Crippen molar-refractivity contribution in [2.45, 2.75) is 51.5 Å². The predicted octanol–water partition coefficient (Wildman–Crippen LogP) is 4.18. The second-order valence-electron chi connectivity index (χ2n) is 6.39.